The number of carbonyl (C=O) groups is 2. The van der Waals surface area contributed by atoms with Crippen molar-refractivity contribution in [2.24, 2.45) is 5.41 Å². The van der Waals surface area contributed by atoms with E-state index in [-0.39, 0.29) is 12.4 Å². The number of ether oxygens (including phenoxy) is 1. The maximum atomic E-state index is 11.7. The fraction of sp³-hybridized carbons (Fsp3) is 0.846. The molecule has 1 amide bonds. The Labute approximate surface area is 103 Å². The van der Waals surface area contributed by atoms with Crippen LogP contribution in [-0.4, -0.2) is 25.0 Å². The summed E-state index contributed by atoms with van der Waals surface area (Å²) in [4.78, 5) is 23.1. The number of Topliss-reactive ketones (excluding diaryl/α,β-unsaturated/α-hetero) is 1. The molecule has 17 heavy (non-hydrogen) atoms. The standard InChI is InChI=1S/C13H23NO3/c1-3-9-14-12(16)17-10-13(11(2)15)7-5-4-6-8-13/h3-10H2,1-2H3,(H,14,16). The van der Waals surface area contributed by atoms with Gasteiger partial charge in [-0.2, -0.15) is 0 Å². The average Bonchev–Trinajstić information content (AvgIpc) is 2.34. The zero-order valence-corrected chi connectivity index (χ0v) is 10.9. The lowest BCUT2D eigenvalue weighted by Crippen LogP contribution is -2.39. The first-order valence-corrected chi connectivity index (χ1v) is 6.52. The molecule has 0 bridgehead atoms. The molecule has 1 saturated carbocycles. The number of ketones is 1. The largest absolute Gasteiger partial charge is 0.448 e. The summed E-state index contributed by atoms with van der Waals surface area (Å²) < 4.78 is 5.18. The van der Waals surface area contributed by atoms with Gasteiger partial charge in [0, 0.05) is 6.54 Å². The quantitative estimate of drug-likeness (QED) is 0.805. The van der Waals surface area contributed by atoms with Gasteiger partial charge >= 0.3 is 6.09 Å². The summed E-state index contributed by atoms with van der Waals surface area (Å²) in [6, 6.07) is 0. The molecule has 0 heterocycles. The Bertz CT molecular complexity index is 270. The van der Waals surface area contributed by atoms with Crippen molar-refractivity contribution in [2.45, 2.75) is 52.4 Å². The lowest BCUT2D eigenvalue weighted by atomic mass is 9.72. The number of hydrogen-bond donors (Lipinski definition) is 1. The van der Waals surface area contributed by atoms with Crippen molar-refractivity contribution in [2.75, 3.05) is 13.2 Å². The van der Waals surface area contributed by atoms with Gasteiger partial charge < -0.3 is 10.1 Å². The van der Waals surface area contributed by atoms with E-state index in [4.69, 9.17) is 4.74 Å². The molecule has 4 nitrogen and oxygen atoms in total. The van der Waals surface area contributed by atoms with Gasteiger partial charge in [0.25, 0.3) is 0 Å². The van der Waals surface area contributed by atoms with Crippen LogP contribution in [0.5, 0.6) is 0 Å². The third-order valence-corrected chi connectivity index (χ3v) is 3.56. The molecular formula is C13H23NO3. The van der Waals surface area contributed by atoms with Gasteiger partial charge in [-0.25, -0.2) is 4.79 Å². The van der Waals surface area contributed by atoms with Crippen molar-refractivity contribution in [1.82, 2.24) is 5.32 Å². The Balaban J connectivity index is 2.44. The fourth-order valence-electron chi connectivity index (χ4n) is 2.31. The van der Waals surface area contributed by atoms with E-state index in [1.54, 1.807) is 6.92 Å². The van der Waals surface area contributed by atoms with Gasteiger partial charge in [-0.05, 0) is 26.2 Å². The fourth-order valence-corrected chi connectivity index (χ4v) is 2.31. The summed E-state index contributed by atoms with van der Waals surface area (Å²) in [5, 5.41) is 2.66. The van der Waals surface area contributed by atoms with Crippen molar-refractivity contribution >= 4 is 11.9 Å². The van der Waals surface area contributed by atoms with Gasteiger partial charge in [-0.15, -0.1) is 0 Å². The highest BCUT2D eigenvalue weighted by Gasteiger charge is 2.38. The predicted molar refractivity (Wildman–Crippen MR) is 65.8 cm³/mol. The second-order valence-corrected chi connectivity index (χ2v) is 4.90. The first-order chi connectivity index (χ1) is 8.10. The van der Waals surface area contributed by atoms with Crippen LogP contribution >= 0.6 is 0 Å². The van der Waals surface area contributed by atoms with Gasteiger partial charge in [0.2, 0.25) is 0 Å². The number of amides is 1. The minimum absolute atomic E-state index is 0.153. The highest BCUT2D eigenvalue weighted by molar-refractivity contribution is 5.83. The number of carbonyl (C=O) groups excluding carboxylic acids is 2. The molecule has 1 rings (SSSR count). The topological polar surface area (TPSA) is 55.4 Å². The lowest BCUT2D eigenvalue weighted by molar-refractivity contribution is -0.131. The van der Waals surface area contributed by atoms with E-state index >= 15 is 0 Å². The van der Waals surface area contributed by atoms with Crippen molar-refractivity contribution < 1.29 is 14.3 Å². The first-order valence-electron chi connectivity index (χ1n) is 6.52. The minimum Gasteiger partial charge on any atom is -0.448 e. The monoisotopic (exact) mass is 241 g/mol. The molecule has 0 aliphatic heterocycles. The molecule has 1 aliphatic carbocycles. The Morgan fingerprint density at radius 1 is 1.24 bits per heavy atom. The minimum atomic E-state index is -0.415. The van der Waals surface area contributed by atoms with Crippen molar-refractivity contribution in [3.63, 3.8) is 0 Å². The first kappa shape index (κ1) is 14.0. The molecule has 1 aliphatic rings. The third-order valence-electron chi connectivity index (χ3n) is 3.56. The lowest BCUT2D eigenvalue weighted by Gasteiger charge is -2.34. The number of rotatable bonds is 5. The number of nitrogens with one attached hydrogen (secondary N) is 1. The smallest absolute Gasteiger partial charge is 0.407 e. The molecule has 1 fully saturated rings. The van der Waals surface area contributed by atoms with Crippen LogP contribution in [-0.2, 0) is 9.53 Å². The highest BCUT2D eigenvalue weighted by atomic mass is 16.5. The molecule has 4 heteroatoms. The Kier molecular flexibility index (Phi) is 5.45. The van der Waals surface area contributed by atoms with E-state index in [0.29, 0.717) is 6.54 Å². The van der Waals surface area contributed by atoms with Crippen LogP contribution in [0.3, 0.4) is 0 Å². The molecule has 0 radical (unpaired) electrons. The van der Waals surface area contributed by atoms with Gasteiger partial charge in [0.05, 0.1) is 5.41 Å². The van der Waals surface area contributed by atoms with E-state index in [1.165, 1.54) is 6.42 Å². The van der Waals surface area contributed by atoms with Crippen LogP contribution in [0.2, 0.25) is 0 Å². The SMILES string of the molecule is CCCNC(=O)OCC1(C(C)=O)CCCCC1. The van der Waals surface area contributed by atoms with Crippen LogP contribution in [0.25, 0.3) is 0 Å². The molecule has 0 atom stereocenters. The van der Waals surface area contributed by atoms with E-state index < -0.39 is 11.5 Å². The van der Waals surface area contributed by atoms with Crippen LogP contribution in [0.15, 0.2) is 0 Å². The van der Waals surface area contributed by atoms with Gasteiger partial charge in [-0.3, -0.25) is 4.79 Å². The normalized spacial score (nSPS) is 18.5. The Morgan fingerprint density at radius 2 is 1.88 bits per heavy atom. The molecule has 98 valence electrons. The maximum absolute atomic E-state index is 11.7. The number of hydrogen-bond acceptors (Lipinski definition) is 3. The summed E-state index contributed by atoms with van der Waals surface area (Å²) >= 11 is 0. The average molecular weight is 241 g/mol. The maximum Gasteiger partial charge on any atom is 0.407 e. The number of alkyl carbamates (subject to hydrolysis) is 1. The van der Waals surface area contributed by atoms with Gasteiger partial charge in [0.1, 0.15) is 12.4 Å². The van der Waals surface area contributed by atoms with E-state index in [1.807, 2.05) is 6.92 Å². The van der Waals surface area contributed by atoms with Crippen molar-refractivity contribution in [1.29, 1.82) is 0 Å². The zero-order chi connectivity index (χ0) is 12.7. The molecule has 0 aromatic carbocycles. The molecule has 0 unspecified atom stereocenters. The summed E-state index contributed by atoms with van der Waals surface area (Å²) in [5.41, 5.74) is -0.415. The van der Waals surface area contributed by atoms with E-state index in [2.05, 4.69) is 5.32 Å². The van der Waals surface area contributed by atoms with Crippen LogP contribution in [0, 0.1) is 5.41 Å². The van der Waals surface area contributed by atoms with Gasteiger partial charge in [-0.1, -0.05) is 26.2 Å². The second-order valence-electron chi connectivity index (χ2n) is 4.90. The van der Waals surface area contributed by atoms with Crippen LogP contribution < -0.4 is 5.32 Å². The summed E-state index contributed by atoms with van der Waals surface area (Å²) in [6.45, 7) is 4.45. The summed E-state index contributed by atoms with van der Waals surface area (Å²) in [6.07, 6.45) is 5.47. The molecule has 0 saturated heterocycles. The summed E-state index contributed by atoms with van der Waals surface area (Å²) in [5.74, 6) is 0.153. The van der Waals surface area contributed by atoms with E-state index in [9.17, 15) is 9.59 Å². The Morgan fingerprint density at radius 3 is 2.41 bits per heavy atom. The summed E-state index contributed by atoms with van der Waals surface area (Å²) in [7, 11) is 0. The van der Waals surface area contributed by atoms with E-state index in [0.717, 1.165) is 32.1 Å². The van der Waals surface area contributed by atoms with Gasteiger partial charge in [0.15, 0.2) is 0 Å². The molecule has 0 spiro atoms. The predicted octanol–water partition coefficient (Wildman–Crippen LogP) is 2.66. The molecule has 0 aromatic heterocycles. The Hall–Kier alpha value is -1.06. The zero-order valence-electron chi connectivity index (χ0n) is 10.9. The van der Waals surface area contributed by atoms with Crippen LogP contribution in [0.1, 0.15) is 52.4 Å². The second kappa shape index (κ2) is 6.62. The van der Waals surface area contributed by atoms with Crippen molar-refractivity contribution in [3.05, 3.63) is 0 Å². The third kappa shape index (κ3) is 4.02. The molecule has 0 aromatic rings. The molecule has 1 N–H and O–H groups in total. The van der Waals surface area contributed by atoms with Crippen molar-refractivity contribution in [3.8, 4) is 0 Å². The van der Waals surface area contributed by atoms with Crippen LogP contribution in [0.4, 0.5) is 4.79 Å². The highest BCUT2D eigenvalue weighted by Crippen LogP contribution is 2.37. The molecular weight excluding hydrogens is 218 g/mol.